The van der Waals surface area contributed by atoms with Crippen molar-refractivity contribution in [3.63, 3.8) is 0 Å². The summed E-state index contributed by atoms with van der Waals surface area (Å²) in [6.45, 7) is 6.14. The fourth-order valence-electron chi connectivity index (χ4n) is 3.88. The third kappa shape index (κ3) is 7.57. The van der Waals surface area contributed by atoms with Gasteiger partial charge < -0.3 is 10.2 Å². The molecule has 1 atom stereocenters. The Morgan fingerprint density at radius 1 is 1.00 bits per heavy atom. The topological polar surface area (TPSA) is 130 Å². The minimum atomic E-state index is -4.34. The second-order valence-electron chi connectivity index (χ2n) is 10.1. The predicted octanol–water partition coefficient (Wildman–Crippen LogP) is 4.78. The molecule has 0 saturated heterocycles. The Balaban J connectivity index is 2.08. The lowest BCUT2D eigenvalue weighted by Crippen LogP contribution is -2.54. The summed E-state index contributed by atoms with van der Waals surface area (Å²) in [4.78, 5) is 39.0. The van der Waals surface area contributed by atoms with Gasteiger partial charge in [0.1, 0.15) is 12.6 Å². The number of halogens is 1. The largest absolute Gasteiger partial charge is 0.350 e. The Hall–Kier alpha value is -3.96. The van der Waals surface area contributed by atoms with Crippen molar-refractivity contribution < 1.29 is 22.9 Å². The van der Waals surface area contributed by atoms with Crippen LogP contribution in [0.1, 0.15) is 33.3 Å². The molecule has 3 rings (SSSR count). The van der Waals surface area contributed by atoms with Crippen molar-refractivity contribution >= 4 is 44.8 Å². The molecule has 0 saturated carbocycles. The first-order chi connectivity index (χ1) is 18.7. The number of carbonyl (C=O) groups is 2. The van der Waals surface area contributed by atoms with Crippen LogP contribution in [0.5, 0.6) is 0 Å². The lowest BCUT2D eigenvalue weighted by atomic mass is 10.1. The van der Waals surface area contributed by atoms with Crippen LogP contribution in [-0.4, -0.2) is 48.2 Å². The van der Waals surface area contributed by atoms with E-state index in [1.165, 1.54) is 47.4 Å². The molecule has 0 bridgehead atoms. The summed E-state index contributed by atoms with van der Waals surface area (Å²) in [5.41, 5.74) is -0.448. The quantitative estimate of drug-likeness (QED) is 0.269. The highest BCUT2D eigenvalue weighted by Crippen LogP contribution is 2.28. The van der Waals surface area contributed by atoms with Gasteiger partial charge in [-0.15, -0.1) is 0 Å². The van der Waals surface area contributed by atoms with E-state index in [1.54, 1.807) is 58.0 Å². The molecule has 0 aliphatic heterocycles. The van der Waals surface area contributed by atoms with Gasteiger partial charge in [-0.2, -0.15) is 0 Å². The Bertz CT molecular complexity index is 1490. The molecule has 2 amide bonds. The van der Waals surface area contributed by atoms with Crippen LogP contribution in [0.4, 0.5) is 11.4 Å². The maximum Gasteiger partial charge on any atom is 0.271 e. The molecule has 10 nitrogen and oxygen atoms in total. The number of amides is 2. The third-order valence-electron chi connectivity index (χ3n) is 5.90. The number of rotatable bonds is 10. The van der Waals surface area contributed by atoms with E-state index in [0.29, 0.717) is 10.6 Å². The maximum atomic E-state index is 13.9. The molecule has 0 fully saturated rings. The fourth-order valence-corrected chi connectivity index (χ4v) is 5.50. The van der Waals surface area contributed by atoms with Crippen molar-refractivity contribution in [1.29, 1.82) is 0 Å². The molecule has 40 heavy (non-hydrogen) atoms. The van der Waals surface area contributed by atoms with E-state index in [0.717, 1.165) is 10.4 Å². The van der Waals surface area contributed by atoms with Crippen LogP contribution in [0.2, 0.25) is 5.02 Å². The van der Waals surface area contributed by atoms with Crippen LogP contribution in [0.3, 0.4) is 0 Å². The van der Waals surface area contributed by atoms with E-state index in [-0.39, 0.29) is 22.8 Å². The lowest BCUT2D eigenvalue weighted by Gasteiger charge is -2.33. The highest BCUT2D eigenvalue weighted by molar-refractivity contribution is 7.92. The highest BCUT2D eigenvalue weighted by Gasteiger charge is 2.34. The summed E-state index contributed by atoms with van der Waals surface area (Å²) in [5, 5.41) is 14.7. The van der Waals surface area contributed by atoms with Crippen molar-refractivity contribution in [1.82, 2.24) is 10.2 Å². The molecule has 212 valence electrons. The van der Waals surface area contributed by atoms with Gasteiger partial charge in [0.05, 0.1) is 15.5 Å². The summed E-state index contributed by atoms with van der Waals surface area (Å²) in [6.07, 6.45) is 0. The number of nitro groups is 1. The average molecular weight is 587 g/mol. The number of nitro benzene ring substituents is 1. The van der Waals surface area contributed by atoms with Crippen molar-refractivity contribution in [2.24, 2.45) is 0 Å². The monoisotopic (exact) mass is 586 g/mol. The Kier molecular flexibility index (Phi) is 9.54. The average Bonchev–Trinajstić information content (AvgIpc) is 2.90. The van der Waals surface area contributed by atoms with E-state index in [4.69, 9.17) is 11.6 Å². The van der Waals surface area contributed by atoms with Crippen LogP contribution < -0.4 is 9.62 Å². The smallest absolute Gasteiger partial charge is 0.271 e. The second-order valence-corrected chi connectivity index (χ2v) is 12.4. The first-order valence-electron chi connectivity index (χ1n) is 12.4. The normalized spacial score (nSPS) is 12.3. The van der Waals surface area contributed by atoms with Gasteiger partial charge in [0.25, 0.3) is 15.7 Å². The Morgan fingerprint density at radius 3 is 2.23 bits per heavy atom. The van der Waals surface area contributed by atoms with Crippen LogP contribution >= 0.6 is 11.6 Å². The number of nitrogens with one attached hydrogen (secondary N) is 1. The molecular weight excluding hydrogens is 556 g/mol. The van der Waals surface area contributed by atoms with Crippen LogP contribution in [0.25, 0.3) is 0 Å². The standard InChI is InChI=1S/C28H31ClN4O6S/c1-20(27(35)30-28(2,3)4)31(18-21-11-8-9-16-25(21)29)26(34)19-32(22-12-10-13-23(17-22)33(36)37)40(38,39)24-14-6-5-7-15-24/h5-17,20H,18-19H2,1-4H3,(H,30,35)/t20-/m1/s1. The predicted molar refractivity (Wildman–Crippen MR) is 153 cm³/mol. The van der Waals surface area contributed by atoms with Gasteiger partial charge in [-0.05, 0) is 57.5 Å². The lowest BCUT2D eigenvalue weighted by molar-refractivity contribution is -0.384. The fraction of sp³-hybridized carbons (Fsp3) is 0.286. The maximum absolute atomic E-state index is 13.9. The molecule has 0 radical (unpaired) electrons. The van der Waals surface area contributed by atoms with Crippen LogP contribution in [-0.2, 0) is 26.2 Å². The number of sulfonamides is 1. The molecule has 1 N–H and O–H groups in total. The van der Waals surface area contributed by atoms with Gasteiger partial charge >= 0.3 is 0 Å². The summed E-state index contributed by atoms with van der Waals surface area (Å²) >= 11 is 6.36. The Morgan fingerprint density at radius 2 is 1.62 bits per heavy atom. The highest BCUT2D eigenvalue weighted by atomic mass is 35.5. The number of carbonyl (C=O) groups excluding carboxylic acids is 2. The number of benzene rings is 3. The first-order valence-corrected chi connectivity index (χ1v) is 14.2. The summed E-state index contributed by atoms with van der Waals surface area (Å²) in [6, 6.07) is 18.3. The Labute approximate surface area is 238 Å². The molecule has 0 aliphatic carbocycles. The zero-order valence-corrected chi connectivity index (χ0v) is 24.1. The molecule has 0 heterocycles. The zero-order chi connectivity index (χ0) is 29.7. The molecule has 0 aromatic heterocycles. The van der Waals surface area contributed by atoms with Crippen molar-refractivity contribution in [2.45, 2.75) is 50.7 Å². The summed E-state index contributed by atoms with van der Waals surface area (Å²) in [7, 11) is -4.34. The van der Waals surface area contributed by atoms with Crippen LogP contribution in [0, 0.1) is 10.1 Å². The van der Waals surface area contributed by atoms with Gasteiger partial charge in [0, 0.05) is 29.2 Å². The molecular formula is C28H31ClN4O6S. The van der Waals surface area contributed by atoms with Gasteiger partial charge in [-0.3, -0.25) is 24.0 Å². The molecule has 0 spiro atoms. The first kappa shape index (κ1) is 30.6. The summed E-state index contributed by atoms with van der Waals surface area (Å²) < 4.78 is 28.3. The summed E-state index contributed by atoms with van der Waals surface area (Å²) in [5.74, 6) is -1.15. The minimum Gasteiger partial charge on any atom is -0.350 e. The van der Waals surface area contributed by atoms with Gasteiger partial charge in [-0.1, -0.05) is 54.1 Å². The van der Waals surface area contributed by atoms with Crippen LogP contribution in [0.15, 0.2) is 83.8 Å². The van der Waals surface area contributed by atoms with Gasteiger partial charge in [0.15, 0.2) is 0 Å². The van der Waals surface area contributed by atoms with Gasteiger partial charge in [-0.25, -0.2) is 8.42 Å². The van der Waals surface area contributed by atoms with Crippen molar-refractivity contribution in [3.05, 3.63) is 99.6 Å². The number of non-ortho nitro benzene ring substituents is 1. The van der Waals surface area contributed by atoms with E-state index in [9.17, 15) is 28.1 Å². The van der Waals surface area contributed by atoms with E-state index in [2.05, 4.69) is 5.32 Å². The number of hydrogen-bond acceptors (Lipinski definition) is 6. The van der Waals surface area contributed by atoms with E-state index < -0.39 is 44.9 Å². The second kappa shape index (κ2) is 12.5. The van der Waals surface area contributed by atoms with E-state index >= 15 is 0 Å². The molecule has 12 heteroatoms. The van der Waals surface area contributed by atoms with Gasteiger partial charge in [0.2, 0.25) is 11.8 Å². The molecule has 0 aliphatic rings. The van der Waals surface area contributed by atoms with Crippen molar-refractivity contribution in [2.75, 3.05) is 10.8 Å². The number of anilines is 1. The number of nitrogens with zero attached hydrogens (tertiary/aromatic N) is 3. The number of hydrogen-bond donors (Lipinski definition) is 1. The van der Waals surface area contributed by atoms with E-state index in [1.807, 2.05) is 0 Å². The SMILES string of the molecule is C[C@H](C(=O)NC(C)(C)C)N(Cc1ccccc1Cl)C(=O)CN(c1cccc([N+](=O)[O-])c1)S(=O)(=O)c1ccccc1. The molecule has 3 aromatic rings. The molecule has 3 aromatic carbocycles. The zero-order valence-electron chi connectivity index (χ0n) is 22.6. The van der Waals surface area contributed by atoms with Crippen molar-refractivity contribution in [3.8, 4) is 0 Å². The third-order valence-corrected chi connectivity index (χ3v) is 8.06. The minimum absolute atomic E-state index is 0.0732. The molecule has 0 unspecified atom stereocenters.